The highest BCUT2D eigenvalue weighted by Gasteiger charge is 2.36. The number of piperazine rings is 1. The van der Waals surface area contributed by atoms with Gasteiger partial charge in [-0.1, -0.05) is 54.1 Å². The van der Waals surface area contributed by atoms with Crippen LogP contribution in [0, 0.1) is 11.7 Å². The van der Waals surface area contributed by atoms with Crippen molar-refractivity contribution in [3.8, 4) is 16.9 Å². The van der Waals surface area contributed by atoms with E-state index in [2.05, 4.69) is 33.3 Å². The van der Waals surface area contributed by atoms with Crippen LogP contribution in [0.2, 0.25) is 5.02 Å². The molecule has 2 N–H and O–H groups in total. The Morgan fingerprint density at radius 3 is 2.40 bits per heavy atom. The Hall–Kier alpha value is -3.66. The monoisotopic (exact) mass is 636 g/mol. The minimum absolute atomic E-state index is 0.0823. The number of hydrogen-bond donors (Lipinski definition) is 2. The van der Waals surface area contributed by atoms with Crippen LogP contribution in [0.15, 0.2) is 66.7 Å². The van der Waals surface area contributed by atoms with Crippen molar-refractivity contribution in [1.29, 1.82) is 0 Å². The zero-order valence-electron chi connectivity index (χ0n) is 25.8. The number of ether oxygens (including phenoxy) is 1. The molecule has 0 aromatic heterocycles. The Labute approximate surface area is 269 Å². The largest absolute Gasteiger partial charge is 0.493 e. The molecule has 0 aliphatic carbocycles. The number of nitrogens with zero attached hydrogens (tertiary/aromatic N) is 3. The number of carboxylic acid groups (broad SMARTS) is 1. The molecule has 0 bridgehead atoms. The number of piperidine rings is 1. The smallest absolute Gasteiger partial charge is 0.405 e. The van der Waals surface area contributed by atoms with Gasteiger partial charge in [0.1, 0.15) is 17.6 Å². The van der Waals surface area contributed by atoms with Crippen molar-refractivity contribution in [1.82, 2.24) is 20.0 Å². The second-order valence-electron chi connectivity index (χ2n) is 11.8. The van der Waals surface area contributed by atoms with Crippen molar-refractivity contribution < 1.29 is 23.8 Å². The van der Waals surface area contributed by atoms with Gasteiger partial charge in [0, 0.05) is 49.9 Å². The fourth-order valence-corrected chi connectivity index (χ4v) is 6.70. The fourth-order valence-electron chi connectivity index (χ4n) is 6.50. The molecule has 8 nitrogen and oxygen atoms in total. The number of likely N-dealkylation sites (tertiary alicyclic amines) is 1. The van der Waals surface area contributed by atoms with Gasteiger partial charge in [-0.25, -0.2) is 9.18 Å². The van der Waals surface area contributed by atoms with Crippen molar-refractivity contribution in [2.75, 3.05) is 52.4 Å². The van der Waals surface area contributed by atoms with E-state index < -0.39 is 12.1 Å². The highest BCUT2D eigenvalue weighted by atomic mass is 35.5. The SMILES string of the molecule is CCOc1cccc(F)c1CN1CCN(C(=O)C(NC(=O)O)C2CCN(CCc3cc(Cl)ccc3-c3ccccc3)CC2)CC1. The number of benzene rings is 3. The molecule has 2 saturated heterocycles. The van der Waals surface area contributed by atoms with Gasteiger partial charge in [0.05, 0.1) is 6.61 Å². The lowest BCUT2D eigenvalue weighted by Gasteiger charge is -2.40. The first-order valence-electron chi connectivity index (χ1n) is 15.8. The molecule has 3 aromatic carbocycles. The van der Waals surface area contributed by atoms with Crippen LogP contribution in [0.25, 0.3) is 11.1 Å². The molecular weight excluding hydrogens is 595 g/mol. The van der Waals surface area contributed by atoms with Crippen molar-refractivity contribution >= 4 is 23.6 Å². The van der Waals surface area contributed by atoms with Crippen LogP contribution >= 0.6 is 11.6 Å². The predicted octanol–water partition coefficient (Wildman–Crippen LogP) is 5.78. The Morgan fingerprint density at radius 1 is 0.978 bits per heavy atom. The molecule has 2 amide bonds. The minimum atomic E-state index is -1.19. The van der Waals surface area contributed by atoms with Crippen LogP contribution in [0.5, 0.6) is 5.75 Å². The first-order valence-corrected chi connectivity index (χ1v) is 16.2. The summed E-state index contributed by atoms with van der Waals surface area (Å²) in [6.45, 7) is 7.18. The van der Waals surface area contributed by atoms with Crippen molar-refractivity contribution in [3.05, 3.63) is 88.7 Å². The summed E-state index contributed by atoms with van der Waals surface area (Å²) in [5, 5.41) is 12.9. The van der Waals surface area contributed by atoms with E-state index in [4.69, 9.17) is 16.3 Å². The molecule has 0 radical (unpaired) electrons. The average Bonchev–Trinajstić information content (AvgIpc) is 3.05. The van der Waals surface area contributed by atoms with Crippen molar-refractivity contribution in [3.63, 3.8) is 0 Å². The third-order valence-corrected chi connectivity index (χ3v) is 9.17. The topological polar surface area (TPSA) is 85.3 Å². The molecule has 2 heterocycles. The summed E-state index contributed by atoms with van der Waals surface area (Å²) in [6, 6.07) is 20.4. The highest BCUT2D eigenvalue weighted by Crippen LogP contribution is 2.29. The zero-order valence-corrected chi connectivity index (χ0v) is 26.5. The maximum absolute atomic E-state index is 14.6. The summed E-state index contributed by atoms with van der Waals surface area (Å²) in [5.74, 6) is -0.0260. The number of nitrogens with one attached hydrogen (secondary N) is 1. The summed E-state index contributed by atoms with van der Waals surface area (Å²) in [6.07, 6.45) is 1.11. The van der Waals surface area contributed by atoms with E-state index in [9.17, 15) is 19.1 Å². The molecule has 5 rings (SSSR count). The molecule has 3 aromatic rings. The van der Waals surface area contributed by atoms with Crippen LogP contribution in [-0.4, -0.2) is 90.3 Å². The van der Waals surface area contributed by atoms with Crippen LogP contribution in [-0.2, 0) is 17.8 Å². The highest BCUT2D eigenvalue weighted by molar-refractivity contribution is 6.30. The van der Waals surface area contributed by atoms with E-state index in [1.807, 2.05) is 37.3 Å². The number of rotatable bonds is 11. The van der Waals surface area contributed by atoms with Crippen LogP contribution in [0.1, 0.15) is 30.9 Å². The normalized spacial score (nSPS) is 17.2. The summed E-state index contributed by atoms with van der Waals surface area (Å²) in [4.78, 5) is 31.6. The summed E-state index contributed by atoms with van der Waals surface area (Å²) in [7, 11) is 0. The molecule has 2 aliphatic heterocycles. The lowest BCUT2D eigenvalue weighted by molar-refractivity contribution is -0.137. The summed E-state index contributed by atoms with van der Waals surface area (Å²) >= 11 is 6.36. The van der Waals surface area contributed by atoms with E-state index in [1.54, 1.807) is 17.0 Å². The van der Waals surface area contributed by atoms with E-state index in [1.165, 1.54) is 17.2 Å². The molecule has 1 unspecified atom stereocenters. The van der Waals surface area contributed by atoms with Crippen LogP contribution in [0.4, 0.5) is 9.18 Å². The Bertz CT molecular complexity index is 1440. The maximum atomic E-state index is 14.6. The molecule has 2 aliphatic rings. The summed E-state index contributed by atoms with van der Waals surface area (Å²) in [5.41, 5.74) is 4.05. The minimum Gasteiger partial charge on any atom is -0.493 e. The lowest BCUT2D eigenvalue weighted by atomic mass is 9.88. The molecule has 1 atom stereocenters. The number of halogens is 2. The molecular formula is C35H42ClFN4O4. The first-order chi connectivity index (χ1) is 21.8. The standard InChI is InChI=1S/C35H42ClFN4O4/c1-2-45-32-10-6-9-31(37)30(32)24-40-19-21-41(22-20-40)34(42)33(38-35(43)44)26-13-16-39(17-14-26)18-15-27-23-28(36)11-12-29(27)25-7-4-3-5-8-25/h3-12,23,26,33,38H,2,13-22,24H2,1H3,(H,43,44). The summed E-state index contributed by atoms with van der Waals surface area (Å²) < 4.78 is 20.2. The van der Waals surface area contributed by atoms with Gasteiger partial charge in [0.15, 0.2) is 0 Å². The molecule has 0 saturated carbocycles. The zero-order chi connectivity index (χ0) is 31.8. The van der Waals surface area contributed by atoms with E-state index in [0.717, 1.165) is 44.5 Å². The Kier molecular flexibility index (Phi) is 11.3. The second-order valence-corrected chi connectivity index (χ2v) is 12.2. The number of amides is 2. The maximum Gasteiger partial charge on any atom is 0.405 e. The van der Waals surface area contributed by atoms with Gasteiger partial charge in [0.2, 0.25) is 5.91 Å². The van der Waals surface area contributed by atoms with Gasteiger partial charge in [-0.2, -0.15) is 0 Å². The molecule has 10 heteroatoms. The number of hydrogen-bond acceptors (Lipinski definition) is 5. The van der Waals surface area contributed by atoms with Crippen LogP contribution in [0.3, 0.4) is 0 Å². The van der Waals surface area contributed by atoms with Gasteiger partial charge in [-0.15, -0.1) is 0 Å². The molecule has 240 valence electrons. The van der Waals surface area contributed by atoms with Crippen molar-refractivity contribution in [2.45, 2.75) is 38.8 Å². The van der Waals surface area contributed by atoms with E-state index >= 15 is 0 Å². The molecule has 2 fully saturated rings. The molecule has 0 spiro atoms. The van der Waals surface area contributed by atoms with Gasteiger partial charge >= 0.3 is 6.09 Å². The van der Waals surface area contributed by atoms with Gasteiger partial charge in [0.25, 0.3) is 0 Å². The first kappa shape index (κ1) is 32.7. The average molecular weight is 637 g/mol. The third kappa shape index (κ3) is 8.54. The van der Waals surface area contributed by atoms with Crippen LogP contribution < -0.4 is 10.1 Å². The second kappa shape index (κ2) is 15.6. The number of carbonyl (C=O) groups is 2. The Morgan fingerprint density at radius 2 is 1.71 bits per heavy atom. The third-order valence-electron chi connectivity index (χ3n) is 8.94. The number of carbonyl (C=O) groups excluding carboxylic acids is 1. The van der Waals surface area contributed by atoms with E-state index in [-0.39, 0.29) is 17.6 Å². The van der Waals surface area contributed by atoms with Gasteiger partial charge < -0.3 is 25.0 Å². The van der Waals surface area contributed by atoms with Gasteiger partial charge in [-0.05, 0) is 86.1 Å². The quantitative estimate of drug-likeness (QED) is 0.278. The van der Waals surface area contributed by atoms with Gasteiger partial charge in [-0.3, -0.25) is 9.69 Å². The van der Waals surface area contributed by atoms with Crippen molar-refractivity contribution in [2.24, 2.45) is 5.92 Å². The lowest BCUT2D eigenvalue weighted by Crippen LogP contribution is -2.58. The fraction of sp³-hybridized carbons (Fsp3) is 0.429. The van der Waals surface area contributed by atoms with E-state index in [0.29, 0.717) is 55.7 Å². The Balaban J connectivity index is 1.15. The molecule has 45 heavy (non-hydrogen) atoms. The predicted molar refractivity (Wildman–Crippen MR) is 174 cm³/mol.